The summed E-state index contributed by atoms with van der Waals surface area (Å²) < 4.78 is 26.1. The van der Waals surface area contributed by atoms with Crippen molar-refractivity contribution in [1.82, 2.24) is 5.32 Å². The van der Waals surface area contributed by atoms with E-state index in [0.29, 0.717) is 31.4 Å². The van der Waals surface area contributed by atoms with E-state index < -0.39 is 34.6 Å². The summed E-state index contributed by atoms with van der Waals surface area (Å²) in [6, 6.07) is 1.07. The minimum atomic E-state index is -1.50. The average molecular weight is 281 g/mol. The Bertz CT molecular complexity index is 564. The number of aromatic carboxylic acids is 1. The number of hydrogen-bond acceptors (Lipinski definition) is 2. The van der Waals surface area contributed by atoms with Gasteiger partial charge in [0.2, 0.25) is 0 Å². The first kappa shape index (κ1) is 15.6. The van der Waals surface area contributed by atoms with Gasteiger partial charge >= 0.3 is 5.97 Å². The van der Waals surface area contributed by atoms with Gasteiger partial charge in [0.25, 0.3) is 5.91 Å². The van der Waals surface area contributed by atoms with Crippen molar-refractivity contribution in [2.45, 2.75) is 19.3 Å². The van der Waals surface area contributed by atoms with E-state index in [1.807, 2.05) is 0 Å². The molecule has 1 amide bonds. The minimum absolute atomic E-state index is 0.276. The molecule has 0 aliphatic heterocycles. The molecule has 1 rings (SSSR count). The lowest BCUT2D eigenvalue weighted by Gasteiger charge is -2.08. The Balaban J connectivity index is 2.79. The molecule has 0 saturated heterocycles. The Morgan fingerprint density at radius 2 is 1.80 bits per heavy atom. The third-order valence-electron chi connectivity index (χ3n) is 2.57. The van der Waals surface area contributed by atoms with Gasteiger partial charge in [0.1, 0.15) is 0 Å². The number of terminal acetylenes is 1. The molecule has 0 heterocycles. The summed E-state index contributed by atoms with van der Waals surface area (Å²) in [5.74, 6) is -2.40. The minimum Gasteiger partial charge on any atom is -0.478 e. The second-order valence-electron chi connectivity index (χ2n) is 4.03. The topological polar surface area (TPSA) is 66.4 Å². The molecule has 0 fully saturated rings. The first-order valence-electron chi connectivity index (χ1n) is 5.91. The highest BCUT2D eigenvalue weighted by Gasteiger charge is 2.20. The van der Waals surface area contributed by atoms with Crippen LogP contribution < -0.4 is 5.32 Å². The van der Waals surface area contributed by atoms with Crippen molar-refractivity contribution in [1.29, 1.82) is 0 Å². The molecule has 0 aliphatic rings. The predicted octanol–water partition coefficient (Wildman–Crippen LogP) is 2.20. The van der Waals surface area contributed by atoms with Gasteiger partial charge in [-0.15, -0.1) is 12.3 Å². The van der Waals surface area contributed by atoms with Crippen LogP contribution in [-0.2, 0) is 0 Å². The maximum atomic E-state index is 13.1. The molecule has 1 aromatic carbocycles. The van der Waals surface area contributed by atoms with Crippen molar-refractivity contribution in [2.24, 2.45) is 0 Å². The van der Waals surface area contributed by atoms with Crippen molar-refractivity contribution < 1.29 is 23.5 Å². The Kier molecular flexibility index (Phi) is 5.66. The Morgan fingerprint density at radius 3 is 2.35 bits per heavy atom. The largest absolute Gasteiger partial charge is 0.478 e. The molecule has 4 nitrogen and oxygen atoms in total. The molecule has 6 heteroatoms. The molecule has 1 aromatic rings. The molecule has 106 valence electrons. The van der Waals surface area contributed by atoms with Crippen LogP contribution in [0, 0.1) is 24.0 Å². The van der Waals surface area contributed by atoms with Gasteiger partial charge in [-0.25, -0.2) is 13.6 Å². The van der Waals surface area contributed by atoms with Gasteiger partial charge in [-0.2, -0.15) is 0 Å². The summed E-state index contributed by atoms with van der Waals surface area (Å²) in [5.41, 5.74) is -0.988. The molecule has 20 heavy (non-hydrogen) atoms. The number of unbranched alkanes of at least 4 members (excludes halogenated alkanes) is 2. The zero-order valence-electron chi connectivity index (χ0n) is 10.6. The monoisotopic (exact) mass is 281 g/mol. The molecule has 0 aromatic heterocycles. The molecule has 0 saturated carbocycles. The lowest BCUT2D eigenvalue weighted by molar-refractivity contribution is 0.0690. The summed E-state index contributed by atoms with van der Waals surface area (Å²) in [4.78, 5) is 22.7. The van der Waals surface area contributed by atoms with Crippen molar-refractivity contribution in [3.8, 4) is 12.3 Å². The van der Waals surface area contributed by atoms with Gasteiger partial charge in [0.15, 0.2) is 11.6 Å². The van der Waals surface area contributed by atoms with E-state index in [-0.39, 0.29) is 6.54 Å². The van der Waals surface area contributed by atoms with Crippen molar-refractivity contribution in [3.63, 3.8) is 0 Å². The van der Waals surface area contributed by atoms with E-state index >= 15 is 0 Å². The second-order valence-corrected chi connectivity index (χ2v) is 4.03. The van der Waals surface area contributed by atoms with E-state index in [1.54, 1.807) is 0 Å². The van der Waals surface area contributed by atoms with Crippen LogP contribution in [-0.4, -0.2) is 23.5 Å². The van der Waals surface area contributed by atoms with Crippen LogP contribution in [0.4, 0.5) is 8.78 Å². The van der Waals surface area contributed by atoms with Gasteiger partial charge in [0.05, 0.1) is 11.1 Å². The molecular weight excluding hydrogens is 268 g/mol. The SMILES string of the molecule is C#CCCCCNC(=O)c1cc(F)c(F)cc1C(=O)O. The predicted molar refractivity (Wildman–Crippen MR) is 68.3 cm³/mol. The lowest BCUT2D eigenvalue weighted by Crippen LogP contribution is -2.26. The lowest BCUT2D eigenvalue weighted by atomic mass is 10.1. The zero-order valence-corrected chi connectivity index (χ0v) is 10.6. The van der Waals surface area contributed by atoms with E-state index in [2.05, 4.69) is 11.2 Å². The fourth-order valence-corrected chi connectivity index (χ4v) is 1.56. The number of carbonyl (C=O) groups is 2. The van der Waals surface area contributed by atoms with Crippen LogP contribution in [0.25, 0.3) is 0 Å². The smallest absolute Gasteiger partial charge is 0.336 e. The first-order chi connectivity index (χ1) is 9.47. The number of carboxylic acid groups (broad SMARTS) is 1. The van der Waals surface area contributed by atoms with E-state index in [1.165, 1.54) is 0 Å². The molecule has 0 bridgehead atoms. The quantitative estimate of drug-likeness (QED) is 0.620. The normalized spacial score (nSPS) is 9.85. The van der Waals surface area contributed by atoms with Gasteiger partial charge in [-0.1, -0.05) is 0 Å². The van der Waals surface area contributed by atoms with Gasteiger partial charge < -0.3 is 10.4 Å². The van der Waals surface area contributed by atoms with Crippen molar-refractivity contribution >= 4 is 11.9 Å². The van der Waals surface area contributed by atoms with Crippen LogP contribution in [0.2, 0.25) is 0 Å². The highest BCUT2D eigenvalue weighted by atomic mass is 19.2. The molecule has 2 N–H and O–H groups in total. The second kappa shape index (κ2) is 7.24. The highest BCUT2D eigenvalue weighted by molar-refractivity contribution is 6.04. The van der Waals surface area contributed by atoms with Gasteiger partial charge in [-0.05, 0) is 25.0 Å². The fourth-order valence-electron chi connectivity index (χ4n) is 1.56. The van der Waals surface area contributed by atoms with E-state index in [4.69, 9.17) is 11.5 Å². The first-order valence-corrected chi connectivity index (χ1v) is 5.91. The van der Waals surface area contributed by atoms with Crippen LogP contribution in [0.5, 0.6) is 0 Å². The molecule has 0 spiro atoms. The Hall–Kier alpha value is -2.42. The van der Waals surface area contributed by atoms with Crippen molar-refractivity contribution in [3.05, 3.63) is 34.9 Å². The highest BCUT2D eigenvalue weighted by Crippen LogP contribution is 2.15. The Morgan fingerprint density at radius 1 is 1.20 bits per heavy atom. The molecule has 0 radical (unpaired) electrons. The number of hydrogen-bond donors (Lipinski definition) is 2. The molecule has 0 aliphatic carbocycles. The van der Waals surface area contributed by atoms with E-state index in [9.17, 15) is 18.4 Å². The standard InChI is InChI=1S/C14H13F2NO3/c1-2-3-4-5-6-17-13(18)9-7-11(15)12(16)8-10(9)14(19)20/h1,7-8H,3-6H2,(H,17,18)(H,19,20). The van der Waals surface area contributed by atoms with Crippen LogP contribution >= 0.6 is 0 Å². The summed E-state index contributed by atoms with van der Waals surface area (Å²) in [5, 5.41) is 11.3. The number of amides is 1. The number of carboxylic acids is 1. The third-order valence-corrected chi connectivity index (χ3v) is 2.57. The molecular formula is C14H13F2NO3. The maximum absolute atomic E-state index is 13.1. The number of rotatable bonds is 6. The summed E-state index contributed by atoms with van der Waals surface area (Å²) in [6.07, 6.45) is 6.96. The maximum Gasteiger partial charge on any atom is 0.336 e. The average Bonchev–Trinajstić information content (AvgIpc) is 2.40. The summed E-state index contributed by atoms with van der Waals surface area (Å²) in [7, 11) is 0. The van der Waals surface area contributed by atoms with Crippen LogP contribution in [0.1, 0.15) is 40.0 Å². The number of nitrogens with one attached hydrogen (secondary N) is 1. The molecule has 0 unspecified atom stereocenters. The van der Waals surface area contributed by atoms with Gasteiger partial charge in [0, 0.05) is 13.0 Å². The Labute approximate surface area is 114 Å². The summed E-state index contributed by atoms with van der Waals surface area (Å²) >= 11 is 0. The summed E-state index contributed by atoms with van der Waals surface area (Å²) in [6.45, 7) is 0.276. The number of halogens is 2. The number of benzene rings is 1. The van der Waals surface area contributed by atoms with Gasteiger partial charge in [-0.3, -0.25) is 4.79 Å². The van der Waals surface area contributed by atoms with Crippen molar-refractivity contribution in [2.75, 3.05) is 6.54 Å². The third kappa shape index (κ3) is 4.05. The van der Waals surface area contributed by atoms with E-state index in [0.717, 1.165) is 0 Å². The zero-order chi connectivity index (χ0) is 15.1. The van der Waals surface area contributed by atoms with Crippen LogP contribution in [0.3, 0.4) is 0 Å². The fraction of sp³-hybridized carbons (Fsp3) is 0.286. The van der Waals surface area contributed by atoms with Crippen LogP contribution in [0.15, 0.2) is 12.1 Å². The molecule has 0 atom stereocenters. The number of carbonyl (C=O) groups excluding carboxylic acids is 1.